The van der Waals surface area contributed by atoms with Crippen molar-refractivity contribution in [2.24, 2.45) is 5.92 Å². The fourth-order valence-corrected chi connectivity index (χ4v) is 4.84. The first-order valence-electron chi connectivity index (χ1n) is 9.81. The van der Waals surface area contributed by atoms with Crippen LogP contribution in [0.1, 0.15) is 13.3 Å². The molecule has 154 valence electrons. The summed E-state index contributed by atoms with van der Waals surface area (Å²) in [4.78, 5) is 27.3. The number of carbonyl (C=O) groups is 2. The second-order valence-corrected chi connectivity index (χ2v) is 9.54. The van der Waals surface area contributed by atoms with Crippen molar-refractivity contribution in [3.05, 3.63) is 66.7 Å². The van der Waals surface area contributed by atoms with E-state index in [4.69, 9.17) is 0 Å². The van der Waals surface area contributed by atoms with Crippen LogP contribution in [-0.4, -0.2) is 32.5 Å². The summed E-state index contributed by atoms with van der Waals surface area (Å²) < 4.78 is 24.6. The normalized spacial score (nSPS) is 16.8. The number of carbonyl (C=O) groups excluding carboxylic acids is 2. The maximum Gasteiger partial charge on any atom is 0.229 e. The van der Waals surface area contributed by atoms with Gasteiger partial charge in [0.1, 0.15) is 0 Å². The zero-order valence-electron chi connectivity index (χ0n) is 16.5. The van der Waals surface area contributed by atoms with Crippen LogP contribution in [0.3, 0.4) is 0 Å². The molecule has 1 heterocycles. The van der Waals surface area contributed by atoms with Crippen molar-refractivity contribution in [1.82, 2.24) is 0 Å². The van der Waals surface area contributed by atoms with Crippen LogP contribution in [0.5, 0.6) is 0 Å². The van der Waals surface area contributed by atoms with E-state index in [0.29, 0.717) is 0 Å². The molecule has 1 atom stereocenters. The van der Waals surface area contributed by atoms with Gasteiger partial charge in [0, 0.05) is 18.4 Å². The third-order valence-corrected chi connectivity index (χ3v) is 7.20. The molecule has 0 unspecified atom stereocenters. The molecule has 0 aromatic heterocycles. The van der Waals surface area contributed by atoms with Gasteiger partial charge in [0.25, 0.3) is 0 Å². The van der Waals surface area contributed by atoms with Crippen LogP contribution in [-0.2, 0) is 19.4 Å². The second kappa shape index (κ2) is 7.91. The monoisotopic (exact) mass is 422 g/mol. The number of nitrogens with zero attached hydrogens (tertiary/aromatic N) is 1. The third kappa shape index (κ3) is 3.68. The van der Waals surface area contributed by atoms with Gasteiger partial charge in [-0.15, -0.1) is 0 Å². The Morgan fingerprint density at radius 1 is 1.03 bits per heavy atom. The molecule has 0 spiro atoms. The third-order valence-electron chi connectivity index (χ3n) is 5.41. The van der Waals surface area contributed by atoms with E-state index in [0.717, 1.165) is 16.5 Å². The van der Waals surface area contributed by atoms with Gasteiger partial charge in [-0.25, -0.2) is 8.42 Å². The topological polar surface area (TPSA) is 83.5 Å². The Kier molecular flexibility index (Phi) is 5.30. The molecule has 1 aliphatic heterocycles. The standard InChI is InChI=1S/C23H22N2O4S/c1-2-30(28,29)21-13-6-5-11-19(21)24-23(27)17-14-22(26)25(15-17)20-12-7-9-16-8-3-4-10-18(16)20/h3-13,17H,2,14-15H2,1H3,(H,24,27)/t17-/m1/s1. The highest BCUT2D eigenvalue weighted by atomic mass is 32.2. The van der Waals surface area contributed by atoms with Crippen LogP contribution in [0.4, 0.5) is 11.4 Å². The smallest absolute Gasteiger partial charge is 0.229 e. The minimum absolute atomic E-state index is 0.0589. The van der Waals surface area contributed by atoms with Crippen molar-refractivity contribution < 1.29 is 18.0 Å². The SMILES string of the molecule is CCS(=O)(=O)c1ccccc1NC(=O)[C@@H]1CC(=O)N(c2cccc3ccccc23)C1. The number of rotatable bonds is 5. The zero-order chi connectivity index (χ0) is 21.3. The van der Waals surface area contributed by atoms with Gasteiger partial charge in [-0.3, -0.25) is 9.59 Å². The number of nitrogens with one attached hydrogen (secondary N) is 1. The van der Waals surface area contributed by atoms with E-state index in [-0.39, 0.29) is 41.1 Å². The molecule has 3 aromatic carbocycles. The highest BCUT2D eigenvalue weighted by Crippen LogP contribution is 2.32. The van der Waals surface area contributed by atoms with E-state index in [1.807, 2.05) is 42.5 Å². The molecule has 1 aliphatic rings. The average molecular weight is 423 g/mol. The molecule has 1 saturated heterocycles. The Morgan fingerprint density at radius 2 is 1.73 bits per heavy atom. The molecule has 3 aromatic rings. The summed E-state index contributed by atoms with van der Waals surface area (Å²) in [6.45, 7) is 1.81. The number of benzene rings is 3. The highest BCUT2D eigenvalue weighted by Gasteiger charge is 2.36. The number of hydrogen-bond acceptors (Lipinski definition) is 4. The average Bonchev–Trinajstić information content (AvgIpc) is 3.15. The van der Waals surface area contributed by atoms with Crippen molar-refractivity contribution in [3.63, 3.8) is 0 Å². The van der Waals surface area contributed by atoms with Gasteiger partial charge in [0.2, 0.25) is 11.8 Å². The highest BCUT2D eigenvalue weighted by molar-refractivity contribution is 7.91. The number of amides is 2. The van der Waals surface area contributed by atoms with E-state index in [1.54, 1.807) is 30.0 Å². The first kappa shape index (κ1) is 20.1. The molecular weight excluding hydrogens is 400 g/mol. The van der Waals surface area contributed by atoms with E-state index < -0.39 is 15.8 Å². The van der Waals surface area contributed by atoms with Gasteiger partial charge in [0.15, 0.2) is 9.84 Å². The molecule has 0 saturated carbocycles. The van der Waals surface area contributed by atoms with E-state index in [2.05, 4.69) is 5.32 Å². The lowest BCUT2D eigenvalue weighted by atomic mass is 10.1. The largest absolute Gasteiger partial charge is 0.325 e. The van der Waals surface area contributed by atoms with Gasteiger partial charge in [-0.1, -0.05) is 55.5 Å². The number of anilines is 2. The van der Waals surface area contributed by atoms with E-state index >= 15 is 0 Å². The molecule has 1 fully saturated rings. The summed E-state index contributed by atoms with van der Waals surface area (Å²) in [6.07, 6.45) is 0.0811. The number of sulfone groups is 1. The van der Waals surface area contributed by atoms with Crippen LogP contribution in [0.25, 0.3) is 10.8 Å². The van der Waals surface area contributed by atoms with Crippen molar-refractivity contribution in [2.45, 2.75) is 18.2 Å². The second-order valence-electron chi connectivity index (χ2n) is 7.29. The van der Waals surface area contributed by atoms with Crippen LogP contribution in [0.2, 0.25) is 0 Å². The minimum atomic E-state index is -3.48. The molecular formula is C23H22N2O4S. The molecule has 30 heavy (non-hydrogen) atoms. The van der Waals surface area contributed by atoms with Crippen LogP contribution < -0.4 is 10.2 Å². The lowest BCUT2D eigenvalue weighted by molar-refractivity contribution is -0.122. The van der Waals surface area contributed by atoms with E-state index in [1.165, 1.54) is 6.07 Å². The van der Waals surface area contributed by atoms with Crippen LogP contribution in [0, 0.1) is 5.92 Å². The molecule has 0 bridgehead atoms. The quantitative estimate of drug-likeness (QED) is 0.681. The summed E-state index contributed by atoms with van der Waals surface area (Å²) >= 11 is 0. The Labute approximate surface area is 175 Å². The molecule has 0 radical (unpaired) electrons. The maximum absolute atomic E-state index is 12.9. The lowest BCUT2D eigenvalue weighted by Crippen LogP contribution is -2.28. The predicted molar refractivity (Wildman–Crippen MR) is 117 cm³/mol. The zero-order valence-corrected chi connectivity index (χ0v) is 17.4. The molecule has 2 amide bonds. The number of hydrogen-bond donors (Lipinski definition) is 1. The molecule has 4 rings (SSSR count). The predicted octanol–water partition coefficient (Wildman–Crippen LogP) is 3.63. The lowest BCUT2D eigenvalue weighted by Gasteiger charge is -2.19. The van der Waals surface area contributed by atoms with Crippen molar-refractivity contribution in [3.8, 4) is 0 Å². The maximum atomic E-state index is 12.9. The first-order valence-corrected chi connectivity index (χ1v) is 11.5. The Bertz CT molecular complexity index is 1230. The van der Waals surface area contributed by atoms with Crippen LogP contribution in [0.15, 0.2) is 71.6 Å². The summed E-state index contributed by atoms with van der Waals surface area (Å²) in [5, 5.41) is 4.70. The minimum Gasteiger partial charge on any atom is -0.325 e. The number of fused-ring (bicyclic) bond motifs is 1. The summed E-state index contributed by atoms with van der Waals surface area (Å²) in [5.74, 6) is -1.10. The van der Waals surface area contributed by atoms with Crippen molar-refractivity contribution in [2.75, 3.05) is 22.5 Å². The van der Waals surface area contributed by atoms with E-state index in [9.17, 15) is 18.0 Å². The summed E-state index contributed by atoms with van der Waals surface area (Å²) in [5.41, 5.74) is 1.03. The fraction of sp³-hybridized carbons (Fsp3) is 0.217. The summed E-state index contributed by atoms with van der Waals surface area (Å²) in [6, 6.07) is 19.9. The van der Waals surface area contributed by atoms with Crippen molar-refractivity contribution in [1.29, 1.82) is 0 Å². The van der Waals surface area contributed by atoms with Crippen LogP contribution >= 0.6 is 0 Å². The van der Waals surface area contributed by atoms with Gasteiger partial charge < -0.3 is 10.2 Å². The van der Waals surface area contributed by atoms with Gasteiger partial charge in [-0.2, -0.15) is 0 Å². The number of para-hydroxylation sites is 1. The summed E-state index contributed by atoms with van der Waals surface area (Å²) in [7, 11) is -3.48. The van der Waals surface area contributed by atoms with Gasteiger partial charge >= 0.3 is 0 Å². The fourth-order valence-electron chi connectivity index (χ4n) is 3.79. The molecule has 1 N–H and O–H groups in total. The van der Waals surface area contributed by atoms with Crippen molar-refractivity contribution >= 4 is 43.8 Å². The molecule has 7 heteroatoms. The first-order chi connectivity index (χ1) is 14.4. The molecule has 0 aliphatic carbocycles. The Morgan fingerprint density at radius 3 is 2.53 bits per heavy atom. The Balaban J connectivity index is 1.58. The Hall–Kier alpha value is -3.19. The van der Waals surface area contributed by atoms with Gasteiger partial charge in [0.05, 0.1) is 27.9 Å². The molecule has 6 nitrogen and oxygen atoms in total. The van der Waals surface area contributed by atoms with Gasteiger partial charge in [-0.05, 0) is 23.6 Å².